The van der Waals surface area contributed by atoms with Crippen molar-refractivity contribution in [1.29, 1.82) is 0 Å². The normalized spacial score (nSPS) is 17.2. The van der Waals surface area contributed by atoms with Gasteiger partial charge in [-0.1, -0.05) is 33.1 Å². The van der Waals surface area contributed by atoms with E-state index in [4.69, 9.17) is 5.73 Å². The number of hydrogen-bond acceptors (Lipinski definition) is 3. The molecule has 1 amide bonds. The highest BCUT2D eigenvalue weighted by molar-refractivity contribution is 14.0. The van der Waals surface area contributed by atoms with Crippen molar-refractivity contribution in [2.45, 2.75) is 65.2 Å². The lowest BCUT2D eigenvalue weighted by Crippen LogP contribution is -2.40. The lowest BCUT2D eigenvalue weighted by atomic mass is 9.96. The first-order chi connectivity index (χ1) is 12.6. The molecule has 0 saturated carbocycles. The predicted molar refractivity (Wildman–Crippen MR) is 126 cm³/mol. The van der Waals surface area contributed by atoms with Crippen LogP contribution < -0.4 is 16.4 Å². The van der Waals surface area contributed by atoms with Crippen LogP contribution in [0, 0.1) is 11.8 Å². The Balaban J connectivity index is 0.00000676. The quantitative estimate of drug-likeness (QED) is 0.168. The number of amides is 1. The van der Waals surface area contributed by atoms with E-state index in [2.05, 4.69) is 34.4 Å². The maximum atomic E-state index is 11.2. The fourth-order valence-corrected chi connectivity index (χ4v) is 3.51. The van der Waals surface area contributed by atoms with Gasteiger partial charge in [0.25, 0.3) is 0 Å². The van der Waals surface area contributed by atoms with Gasteiger partial charge < -0.3 is 21.3 Å². The molecule has 1 unspecified atom stereocenters. The highest BCUT2D eigenvalue weighted by atomic mass is 127. The first-order valence-corrected chi connectivity index (χ1v) is 10.6. The highest BCUT2D eigenvalue weighted by Crippen LogP contribution is 2.16. The topological polar surface area (TPSA) is 82.8 Å². The molecule has 0 aliphatic carbocycles. The van der Waals surface area contributed by atoms with E-state index in [1.54, 1.807) is 0 Å². The summed E-state index contributed by atoms with van der Waals surface area (Å²) in [6.45, 7) is 9.58. The molecule has 0 spiro atoms. The smallest absolute Gasteiger partial charge is 0.220 e. The molecule has 1 rings (SSSR count). The number of likely N-dealkylation sites (tertiary alicyclic amines) is 1. The van der Waals surface area contributed by atoms with Crippen molar-refractivity contribution in [3.05, 3.63) is 0 Å². The van der Waals surface area contributed by atoms with Crippen molar-refractivity contribution in [3.8, 4) is 0 Å². The van der Waals surface area contributed by atoms with Crippen molar-refractivity contribution in [3.63, 3.8) is 0 Å². The molecule has 4 N–H and O–H groups in total. The number of halogens is 1. The van der Waals surface area contributed by atoms with Gasteiger partial charge >= 0.3 is 0 Å². The molecule has 7 heteroatoms. The number of nitrogens with one attached hydrogen (secondary N) is 2. The zero-order chi connectivity index (χ0) is 19.2. The van der Waals surface area contributed by atoms with Crippen LogP contribution in [0.5, 0.6) is 0 Å². The minimum atomic E-state index is -0.132. The third-order valence-corrected chi connectivity index (χ3v) is 5.51. The summed E-state index contributed by atoms with van der Waals surface area (Å²) in [5.41, 5.74) is 5.39. The summed E-state index contributed by atoms with van der Waals surface area (Å²) in [4.78, 5) is 18.0. The number of guanidine groups is 1. The van der Waals surface area contributed by atoms with E-state index in [1.807, 2.05) is 7.05 Å². The zero-order valence-electron chi connectivity index (χ0n) is 17.6. The van der Waals surface area contributed by atoms with Gasteiger partial charge in [-0.05, 0) is 57.7 Å². The first-order valence-electron chi connectivity index (χ1n) is 10.6. The number of aliphatic imine (C=N–C) groups is 1. The number of hydrogen-bond donors (Lipinski definition) is 3. The van der Waals surface area contributed by atoms with Crippen LogP contribution in [0.3, 0.4) is 0 Å². The van der Waals surface area contributed by atoms with Gasteiger partial charge in [-0.2, -0.15) is 0 Å². The number of unbranched alkanes of at least 4 members (excludes halogenated alkanes) is 2. The average Bonchev–Trinajstić information content (AvgIpc) is 2.66. The summed E-state index contributed by atoms with van der Waals surface area (Å²) in [5.74, 6) is 1.61. The van der Waals surface area contributed by atoms with E-state index in [9.17, 15) is 4.79 Å². The molecule has 0 bridgehead atoms. The Morgan fingerprint density at radius 1 is 1.19 bits per heavy atom. The van der Waals surface area contributed by atoms with Gasteiger partial charge in [0.05, 0.1) is 0 Å². The molecule has 1 fully saturated rings. The van der Waals surface area contributed by atoms with Crippen molar-refractivity contribution in [1.82, 2.24) is 15.5 Å². The number of rotatable bonds is 12. The molecule has 1 atom stereocenters. The zero-order valence-corrected chi connectivity index (χ0v) is 20.0. The molecule has 1 saturated heterocycles. The molecule has 6 nitrogen and oxygen atoms in total. The Kier molecular flexibility index (Phi) is 16.0. The third-order valence-electron chi connectivity index (χ3n) is 5.51. The number of primary amides is 1. The summed E-state index contributed by atoms with van der Waals surface area (Å²) in [6, 6.07) is 0. The second-order valence-corrected chi connectivity index (χ2v) is 7.52. The van der Waals surface area contributed by atoms with Crippen molar-refractivity contribution < 1.29 is 4.79 Å². The van der Waals surface area contributed by atoms with E-state index in [0.717, 1.165) is 63.9 Å². The summed E-state index contributed by atoms with van der Waals surface area (Å²) in [6.07, 6.45) is 9.22. The molecular weight excluding hydrogens is 453 g/mol. The Bertz CT molecular complexity index is 411. The Morgan fingerprint density at radius 2 is 1.89 bits per heavy atom. The van der Waals surface area contributed by atoms with Crippen LogP contribution in [0.1, 0.15) is 65.2 Å². The SMILES string of the molecule is CCCCC(CC)CNC(=NC)NCCCCN1CCC(C(N)=O)CC1.I. The fraction of sp³-hybridized carbons (Fsp3) is 0.900. The van der Waals surface area contributed by atoms with Crippen LogP contribution >= 0.6 is 24.0 Å². The molecule has 1 aliphatic heterocycles. The number of carbonyl (C=O) groups excluding carboxylic acids is 1. The number of carbonyl (C=O) groups is 1. The van der Waals surface area contributed by atoms with E-state index in [0.29, 0.717) is 0 Å². The molecule has 0 aromatic heterocycles. The van der Waals surface area contributed by atoms with Gasteiger partial charge in [0, 0.05) is 26.1 Å². The van der Waals surface area contributed by atoms with Crippen molar-refractivity contribution in [2.24, 2.45) is 22.6 Å². The van der Waals surface area contributed by atoms with Crippen LogP contribution in [0.15, 0.2) is 4.99 Å². The highest BCUT2D eigenvalue weighted by Gasteiger charge is 2.22. The maximum Gasteiger partial charge on any atom is 0.220 e. The third kappa shape index (κ3) is 11.8. The molecule has 0 radical (unpaired) electrons. The summed E-state index contributed by atoms with van der Waals surface area (Å²) in [7, 11) is 1.84. The van der Waals surface area contributed by atoms with E-state index < -0.39 is 0 Å². The Morgan fingerprint density at radius 3 is 2.44 bits per heavy atom. The Labute approximate surface area is 183 Å². The van der Waals surface area contributed by atoms with Crippen molar-refractivity contribution in [2.75, 3.05) is 39.8 Å². The number of piperidine rings is 1. The standard InChI is InChI=1S/C20H41N5O.HI/c1-4-6-9-17(5-2)16-24-20(22-3)23-12-7-8-13-25-14-10-18(11-15-25)19(21)26;/h17-18H,4-16H2,1-3H3,(H2,21,26)(H2,22,23,24);1H. The van der Waals surface area contributed by atoms with Crippen LogP contribution in [-0.2, 0) is 4.79 Å². The number of nitrogens with two attached hydrogens (primary N) is 1. The monoisotopic (exact) mass is 495 g/mol. The lowest BCUT2D eigenvalue weighted by Gasteiger charge is -2.30. The second-order valence-electron chi connectivity index (χ2n) is 7.52. The molecule has 27 heavy (non-hydrogen) atoms. The van der Waals surface area contributed by atoms with Gasteiger partial charge in [-0.15, -0.1) is 24.0 Å². The van der Waals surface area contributed by atoms with Crippen LogP contribution in [0.4, 0.5) is 0 Å². The summed E-state index contributed by atoms with van der Waals surface area (Å²) in [5, 5.41) is 6.89. The van der Waals surface area contributed by atoms with E-state index in [1.165, 1.54) is 32.1 Å². The largest absolute Gasteiger partial charge is 0.369 e. The van der Waals surface area contributed by atoms with Gasteiger partial charge in [-0.25, -0.2) is 0 Å². The predicted octanol–water partition coefficient (Wildman–Crippen LogP) is 2.96. The first kappa shape index (κ1) is 26.4. The minimum absolute atomic E-state index is 0. The Hall–Kier alpha value is -0.570. The second kappa shape index (κ2) is 16.4. The van der Waals surface area contributed by atoms with Crippen LogP contribution in [0.25, 0.3) is 0 Å². The number of nitrogens with zero attached hydrogens (tertiary/aromatic N) is 2. The van der Waals surface area contributed by atoms with E-state index >= 15 is 0 Å². The van der Waals surface area contributed by atoms with E-state index in [-0.39, 0.29) is 35.8 Å². The van der Waals surface area contributed by atoms with Gasteiger partial charge in [-0.3, -0.25) is 9.79 Å². The maximum absolute atomic E-state index is 11.2. The molecule has 160 valence electrons. The van der Waals surface area contributed by atoms with Gasteiger partial charge in [0.2, 0.25) is 5.91 Å². The summed E-state index contributed by atoms with van der Waals surface area (Å²) >= 11 is 0. The summed E-state index contributed by atoms with van der Waals surface area (Å²) < 4.78 is 0. The van der Waals surface area contributed by atoms with Gasteiger partial charge in [0.1, 0.15) is 0 Å². The fourth-order valence-electron chi connectivity index (χ4n) is 3.51. The minimum Gasteiger partial charge on any atom is -0.369 e. The molecule has 1 heterocycles. The average molecular weight is 495 g/mol. The molecule has 0 aromatic carbocycles. The lowest BCUT2D eigenvalue weighted by molar-refractivity contribution is -0.123. The van der Waals surface area contributed by atoms with Gasteiger partial charge in [0.15, 0.2) is 5.96 Å². The molecule has 0 aromatic rings. The molecular formula is C20H42IN5O. The molecule has 1 aliphatic rings. The van der Waals surface area contributed by atoms with Crippen LogP contribution in [0.2, 0.25) is 0 Å². The van der Waals surface area contributed by atoms with Crippen LogP contribution in [-0.4, -0.2) is 56.5 Å². The van der Waals surface area contributed by atoms with Crippen molar-refractivity contribution >= 4 is 35.8 Å².